The van der Waals surface area contributed by atoms with Gasteiger partial charge in [-0.2, -0.15) is 0 Å². The zero-order valence-corrected chi connectivity index (χ0v) is 79.1. The first-order valence-electron chi connectivity index (χ1n) is 45.2. The van der Waals surface area contributed by atoms with Gasteiger partial charge in [0.25, 0.3) is 0 Å². The highest BCUT2D eigenvalue weighted by Crippen LogP contribution is 2.47. The van der Waals surface area contributed by atoms with E-state index >= 15 is 0 Å². The summed E-state index contributed by atoms with van der Waals surface area (Å²) in [4.78, 5) is 74.5. The summed E-state index contributed by atoms with van der Waals surface area (Å²) in [6.07, 6.45) is 1.72. The van der Waals surface area contributed by atoms with Crippen LogP contribution in [0.4, 0.5) is 29.2 Å². The number of ketones is 1. The molecule has 26 nitrogen and oxygen atoms in total. The monoisotopic (exact) mass is 1900 g/mol. The third kappa shape index (κ3) is 31.4. The predicted molar refractivity (Wildman–Crippen MR) is 522 cm³/mol. The first-order valence-corrected chi connectivity index (χ1v) is 47.1. The quantitative estimate of drug-likeness (QED) is 0.0125. The van der Waals surface area contributed by atoms with Crippen molar-refractivity contribution in [3.05, 3.63) is 280 Å². The SMILES string of the molecule is CC(=O)c1c(C(C)C)nc(C(C)C)c(/C=C/[C@@H](O)C[C@@H](O)CC(=O)O)c1-c1ccc(F)cc1.CC(C)c1c(CNc2ccccc2)c(-c2ccccc2)c(-c2ccc(F)cc2)n1CC[C@@H](O)C[C@@H](O)CC(=O)O.CC(C)c1nc(N(C)S(C)(=O)=O)nc(-c2ccc(F)cc2)c1/C=C/[C@@H](O)C[C@@H](O)CC(=O)O.O=C(O)CC(O)CC(O)/C=C/c1c(C2CC2)nc2ccccc2c1-c1ccc(F)cc1. The molecule has 11 aromatic rings. The van der Waals surface area contributed by atoms with Crippen molar-refractivity contribution in [3.63, 3.8) is 0 Å². The van der Waals surface area contributed by atoms with E-state index < -0.39 is 120 Å². The minimum Gasteiger partial charge on any atom is -0.481 e. The van der Waals surface area contributed by atoms with Crippen LogP contribution in [-0.4, -0.2) is 186 Å². The molecule has 728 valence electrons. The zero-order valence-electron chi connectivity index (χ0n) is 78.3. The summed E-state index contributed by atoms with van der Waals surface area (Å²) in [5.74, 6) is -6.04. The van der Waals surface area contributed by atoms with E-state index in [1.165, 1.54) is 92.9 Å². The number of halogens is 4. The second-order valence-electron chi connectivity index (χ2n) is 35.2. The van der Waals surface area contributed by atoms with Gasteiger partial charge in [-0.15, -0.1) is 0 Å². The van der Waals surface area contributed by atoms with E-state index in [9.17, 15) is 90.8 Å². The van der Waals surface area contributed by atoms with Gasteiger partial charge in [-0.3, -0.25) is 33.9 Å². The van der Waals surface area contributed by atoms with Crippen LogP contribution in [0.5, 0.6) is 0 Å². The minimum atomic E-state index is -3.65. The van der Waals surface area contributed by atoms with Gasteiger partial charge >= 0.3 is 23.9 Å². The van der Waals surface area contributed by atoms with Crippen molar-refractivity contribution < 1.29 is 111 Å². The Morgan fingerprint density at radius 3 is 1.29 bits per heavy atom. The summed E-state index contributed by atoms with van der Waals surface area (Å²) < 4.78 is 82.0. The van der Waals surface area contributed by atoms with Crippen LogP contribution in [0.3, 0.4) is 0 Å². The van der Waals surface area contributed by atoms with Crippen LogP contribution >= 0.6 is 0 Å². The van der Waals surface area contributed by atoms with E-state index in [-0.39, 0.29) is 72.7 Å². The van der Waals surface area contributed by atoms with E-state index in [0.29, 0.717) is 75.9 Å². The molecule has 13 N–H and O–H groups in total. The topological polar surface area (TPSA) is 434 Å². The number of aliphatic hydroxyl groups is 8. The Bertz CT molecular complexity index is 6140. The van der Waals surface area contributed by atoms with Crippen LogP contribution in [0.25, 0.3) is 85.0 Å². The van der Waals surface area contributed by atoms with Gasteiger partial charge in [0.1, 0.15) is 23.3 Å². The number of nitrogens with zero attached hydrogens (tertiary/aromatic N) is 6. The lowest BCUT2D eigenvalue weighted by molar-refractivity contribution is -0.140. The van der Waals surface area contributed by atoms with E-state index in [1.54, 1.807) is 54.6 Å². The maximum absolute atomic E-state index is 14.0. The molecule has 0 saturated heterocycles. The minimum absolute atomic E-state index is 0.0166. The number of para-hydroxylation sites is 2. The maximum Gasteiger partial charge on any atom is 0.305 e. The molecule has 0 aliphatic heterocycles. The van der Waals surface area contributed by atoms with Gasteiger partial charge in [-0.25, -0.2) is 40.3 Å². The molecule has 4 heterocycles. The van der Waals surface area contributed by atoms with Crippen molar-refractivity contribution in [2.75, 3.05) is 22.9 Å². The Morgan fingerprint density at radius 2 is 0.854 bits per heavy atom. The number of aliphatic carboxylic acids is 4. The van der Waals surface area contributed by atoms with E-state index in [4.69, 9.17) is 30.4 Å². The Hall–Kier alpha value is -12.8. The number of fused-ring (bicyclic) bond motifs is 1. The number of hydrogen-bond acceptors (Lipinski definition) is 20. The number of rotatable bonds is 41. The number of carboxylic acid groups (broad SMARTS) is 4. The number of anilines is 2. The van der Waals surface area contributed by atoms with Gasteiger partial charge in [0.15, 0.2) is 5.78 Å². The normalized spacial score (nSPS) is 14.0. The summed E-state index contributed by atoms with van der Waals surface area (Å²) in [7, 11) is -2.33. The number of carbonyl (C=O) groups excluding carboxylic acids is 1. The molecular weight excluding hydrogens is 1780 g/mol. The number of carboxylic acids is 4. The number of aliphatic hydroxyl groups excluding tert-OH is 8. The van der Waals surface area contributed by atoms with Gasteiger partial charge < -0.3 is 71.2 Å². The fraction of sp³-hybridized carbons (Fsp3) is 0.349. The Kier molecular flexibility index (Phi) is 39.6. The summed E-state index contributed by atoms with van der Waals surface area (Å²) in [6.45, 7) is 18.3. The molecule has 4 aromatic heterocycles. The van der Waals surface area contributed by atoms with Gasteiger partial charge in [-0.1, -0.05) is 183 Å². The fourth-order valence-corrected chi connectivity index (χ4v) is 16.4. The second-order valence-corrected chi connectivity index (χ2v) is 37.2. The lowest BCUT2D eigenvalue weighted by Crippen LogP contribution is -2.27. The lowest BCUT2D eigenvalue weighted by atomic mass is 9.85. The molecule has 8 atom stereocenters. The second kappa shape index (κ2) is 50.3. The van der Waals surface area contributed by atoms with E-state index in [0.717, 1.165) is 102 Å². The molecule has 0 radical (unpaired) electrons. The predicted octanol–water partition coefficient (Wildman–Crippen LogP) is 18.5. The first-order chi connectivity index (χ1) is 64.9. The number of pyridine rings is 2. The molecule has 0 spiro atoms. The molecule has 0 amide bonds. The highest BCUT2D eigenvalue weighted by molar-refractivity contribution is 7.92. The Balaban J connectivity index is 0.000000206. The highest BCUT2D eigenvalue weighted by atomic mass is 32.2. The molecule has 137 heavy (non-hydrogen) atoms. The maximum atomic E-state index is 14.0. The number of benzene rings is 7. The van der Waals surface area contributed by atoms with Crippen molar-refractivity contribution in [1.29, 1.82) is 0 Å². The average Bonchev–Trinajstić information content (AvgIpc) is 1.66. The average molecular weight is 1910 g/mol. The number of Topliss-reactive ketones (excluding diaryl/α,β-unsaturated/α-hetero) is 1. The first kappa shape index (κ1) is 108. The Labute approximate surface area is 794 Å². The van der Waals surface area contributed by atoms with Crippen LogP contribution in [-0.2, 0) is 42.3 Å². The number of sulfonamides is 1. The number of nitrogens with one attached hydrogen (secondary N) is 1. The molecule has 12 rings (SSSR count). The molecule has 1 fully saturated rings. The van der Waals surface area contributed by atoms with E-state index in [1.807, 2.05) is 114 Å². The number of aromatic nitrogens is 5. The largest absolute Gasteiger partial charge is 0.481 e. The zero-order chi connectivity index (χ0) is 100. The van der Waals surface area contributed by atoms with Crippen LogP contribution in [0.15, 0.2) is 200 Å². The molecule has 7 aromatic carbocycles. The van der Waals surface area contributed by atoms with Gasteiger partial charge in [0.2, 0.25) is 16.0 Å². The molecular formula is C106H121F4N7O19S. The Morgan fingerprint density at radius 1 is 0.453 bits per heavy atom. The number of carbonyl (C=O) groups is 5. The van der Waals surface area contributed by atoms with Gasteiger partial charge in [-0.05, 0) is 170 Å². The molecule has 1 aliphatic rings. The summed E-state index contributed by atoms with van der Waals surface area (Å²) >= 11 is 0. The van der Waals surface area contributed by atoms with Crippen molar-refractivity contribution in [2.24, 2.45) is 0 Å². The van der Waals surface area contributed by atoms with Crippen molar-refractivity contribution in [2.45, 2.75) is 224 Å². The smallest absolute Gasteiger partial charge is 0.305 e. The summed E-state index contributed by atoms with van der Waals surface area (Å²) in [6, 6.07) is 52.0. The summed E-state index contributed by atoms with van der Waals surface area (Å²) in [5, 5.41) is 121. The van der Waals surface area contributed by atoms with Crippen molar-refractivity contribution in [1.82, 2.24) is 24.5 Å². The summed E-state index contributed by atoms with van der Waals surface area (Å²) in [5.41, 5.74) is 17.0. The van der Waals surface area contributed by atoms with Crippen LogP contribution < -0.4 is 9.62 Å². The fourth-order valence-electron chi connectivity index (χ4n) is 16.0. The van der Waals surface area contributed by atoms with Crippen molar-refractivity contribution >= 4 is 80.5 Å². The van der Waals surface area contributed by atoms with Gasteiger partial charge in [0.05, 0.1) is 120 Å². The van der Waals surface area contributed by atoms with Crippen LogP contribution in [0.2, 0.25) is 0 Å². The van der Waals surface area contributed by atoms with Crippen LogP contribution in [0, 0.1) is 23.3 Å². The third-order valence-electron chi connectivity index (χ3n) is 22.6. The molecule has 31 heteroatoms. The standard InChI is InChI=1S/C33H37FN2O4.C26H32FNO5.C25H24FNO4.C22H28FN3O6S/c1-22(2)32-29(21-35-26-11-7-4-8-12-26)31(23-9-5-3-6-10-23)33(24-13-15-25(34)16-14-24)36(32)18-17-27(37)19-28(38)20-30(39)40;1-14(2)25-21(11-10-19(30)12-20(31)13-22(32)33)24(17-6-8-18(27)9-7-17)23(16(5)29)26(28-25)15(3)4;26-17-9-7-15(8-10-17)24-20-3-1-2-4-22(20)27-25(16-5-6-16)21(24)12-11-18(28)13-19(29)14-23(30)31;1-13(2)20-18(10-9-16(27)11-17(28)12-19(29)30)21(14-5-7-15(23)8-6-14)25-22(24-20)26(3)33(4,31)32/h3-16,22,27-28,35,37-38H,17-21H2,1-2H3,(H,39,40);6-11,14-15,19-20,30-31H,12-13H2,1-5H3,(H,32,33);1-4,7-12,16,18-19,28-29H,5-6,13-14H2,(H,30,31);5-10,13,16-17,27-28H,11-12H2,1-4H3,(H,29,30)/b;11-10+;12-11+;10-9+/t27-,28-;19-,20-;;16-,17-/m11.1/s1. The highest BCUT2D eigenvalue weighted by Gasteiger charge is 2.33. The third-order valence-corrected chi connectivity index (χ3v) is 23.7. The molecule has 1 aliphatic carbocycles. The van der Waals surface area contributed by atoms with Crippen molar-refractivity contribution in [3.8, 4) is 55.9 Å². The van der Waals surface area contributed by atoms with Crippen LogP contribution in [0.1, 0.15) is 224 Å². The van der Waals surface area contributed by atoms with Gasteiger partial charge in [0, 0.05) is 112 Å². The lowest BCUT2D eigenvalue weighted by Gasteiger charge is -2.22. The van der Waals surface area contributed by atoms with E-state index in [2.05, 4.69) is 45.8 Å². The number of hydrogen-bond donors (Lipinski definition) is 13. The molecule has 1 saturated carbocycles. The molecule has 0 bridgehead atoms. The molecule has 2 unspecified atom stereocenters.